The number of nitrogen functional groups attached to an aromatic ring is 1. The van der Waals surface area contributed by atoms with Gasteiger partial charge >= 0.3 is 5.63 Å². The van der Waals surface area contributed by atoms with Gasteiger partial charge in [-0.1, -0.05) is 57.9 Å². The van der Waals surface area contributed by atoms with Gasteiger partial charge in [-0.2, -0.15) is 0 Å². The van der Waals surface area contributed by atoms with Crippen molar-refractivity contribution in [2.24, 2.45) is 0 Å². The van der Waals surface area contributed by atoms with Crippen molar-refractivity contribution < 1.29 is 4.42 Å². The van der Waals surface area contributed by atoms with Gasteiger partial charge in [0, 0.05) is 17.1 Å². The third kappa shape index (κ3) is 4.62. The number of aryl methyl sites for hydroxylation is 1. The van der Waals surface area contributed by atoms with Crippen LogP contribution in [0.15, 0.2) is 33.5 Å². The van der Waals surface area contributed by atoms with Crippen LogP contribution in [-0.4, -0.2) is 0 Å². The predicted octanol–water partition coefficient (Wildman–Crippen LogP) is 5.06. The lowest BCUT2D eigenvalue weighted by molar-refractivity contribution is 0.560. The van der Waals surface area contributed by atoms with Crippen LogP contribution in [0, 0.1) is 0 Å². The normalized spacial score (nSPS) is 11.1. The van der Waals surface area contributed by atoms with Crippen molar-refractivity contribution in [2.45, 2.75) is 64.7 Å². The molecule has 0 aliphatic carbocycles. The first-order valence-corrected chi connectivity index (χ1v) is 8.53. The third-order valence-corrected chi connectivity index (χ3v) is 4.23. The van der Waals surface area contributed by atoms with Crippen molar-refractivity contribution in [2.75, 3.05) is 5.73 Å². The molecule has 22 heavy (non-hydrogen) atoms. The summed E-state index contributed by atoms with van der Waals surface area (Å²) in [6, 6.07) is 7.03. The number of anilines is 1. The van der Waals surface area contributed by atoms with Crippen molar-refractivity contribution in [1.82, 2.24) is 0 Å². The Morgan fingerprint density at radius 2 is 1.59 bits per heavy atom. The zero-order chi connectivity index (χ0) is 15.8. The fourth-order valence-corrected chi connectivity index (χ4v) is 2.88. The van der Waals surface area contributed by atoms with E-state index < -0.39 is 0 Å². The minimum Gasteiger partial charge on any atom is -0.423 e. The van der Waals surface area contributed by atoms with E-state index in [1.807, 2.05) is 12.1 Å². The molecule has 3 nitrogen and oxygen atoms in total. The molecule has 0 fully saturated rings. The molecule has 0 aliphatic heterocycles. The lowest BCUT2D eigenvalue weighted by Crippen LogP contribution is -2.00. The molecular formula is C19H27NO2. The fraction of sp³-hybridized carbons (Fsp3) is 0.526. The summed E-state index contributed by atoms with van der Waals surface area (Å²) in [6.07, 6.45) is 11.5. The van der Waals surface area contributed by atoms with E-state index in [1.54, 1.807) is 6.07 Å². The van der Waals surface area contributed by atoms with Crippen molar-refractivity contribution >= 4 is 16.7 Å². The number of fused-ring (bicyclic) bond motifs is 1. The van der Waals surface area contributed by atoms with E-state index in [0.717, 1.165) is 23.1 Å². The topological polar surface area (TPSA) is 56.2 Å². The summed E-state index contributed by atoms with van der Waals surface area (Å²) >= 11 is 0. The Morgan fingerprint density at radius 1 is 0.909 bits per heavy atom. The minimum atomic E-state index is -0.331. The van der Waals surface area contributed by atoms with Crippen molar-refractivity contribution in [1.29, 1.82) is 0 Å². The van der Waals surface area contributed by atoms with Crippen molar-refractivity contribution in [3.8, 4) is 0 Å². The van der Waals surface area contributed by atoms with Crippen molar-refractivity contribution in [3.05, 3.63) is 40.2 Å². The molecule has 1 aromatic carbocycles. The lowest BCUT2D eigenvalue weighted by atomic mass is 10.0. The summed E-state index contributed by atoms with van der Waals surface area (Å²) in [5, 5.41) is 0.844. The number of nitrogens with two attached hydrogens (primary N) is 1. The second-order valence-corrected chi connectivity index (χ2v) is 6.03. The number of unbranched alkanes of at least 4 members (excludes halogenated alkanes) is 7. The summed E-state index contributed by atoms with van der Waals surface area (Å²) < 4.78 is 5.15. The van der Waals surface area contributed by atoms with Gasteiger partial charge in [-0.15, -0.1) is 0 Å². The van der Waals surface area contributed by atoms with E-state index in [0.29, 0.717) is 5.58 Å². The highest BCUT2D eigenvalue weighted by molar-refractivity contribution is 5.90. The van der Waals surface area contributed by atoms with Gasteiger partial charge in [-0.05, 0) is 30.5 Å². The first-order chi connectivity index (χ1) is 10.7. The van der Waals surface area contributed by atoms with E-state index >= 15 is 0 Å². The van der Waals surface area contributed by atoms with Crippen LogP contribution < -0.4 is 11.4 Å². The second kappa shape index (κ2) is 8.62. The Bertz CT molecular complexity index is 645. The number of rotatable bonds is 9. The van der Waals surface area contributed by atoms with Gasteiger partial charge < -0.3 is 10.2 Å². The number of hydrogen-bond donors (Lipinski definition) is 1. The highest BCUT2D eigenvalue weighted by Gasteiger charge is 2.06. The van der Waals surface area contributed by atoms with Crippen LogP contribution in [0.2, 0.25) is 0 Å². The molecule has 120 valence electrons. The fourth-order valence-electron chi connectivity index (χ4n) is 2.88. The number of benzene rings is 1. The summed E-state index contributed by atoms with van der Waals surface area (Å²) in [5.41, 5.74) is 8.36. The second-order valence-electron chi connectivity index (χ2n) is 6.03. The molecule has 0 amide bonds. The number of hydrogen-bond acceptors (Lipinski definition) is 3. The molecule has 2 N–H and O–H groups in total. The van der Waals surface area contributed by atoms with Crippen LogP contribution in [0.1, 0.15) is 63.9 Å². The summed E-state index contributed by atoms with van der Waals surface area (Å²) in [4.78, 5) is 11.2. The molecule has 2 aromatic rings. The van der Waals surface area contributed by atoms with Crippen LogP contribution in [0.25, 0.3) is 11.0 Å². The van der Waals surface area contributed by atoms with Crippen LogP contribution in [0.5, 0.6) is 0 Å². The molecule has 0 saturated heterocycles. The monoisotopic (exact) mass is 301 g/mol. The quantitative estimate of drug-likeness (QED) is 0.400. The maximum Gasteiger partial charge on any atom is 0.336 e. The predicted molar refractivity (Wildman–Crippen MR) is 93.2 cm³/mol. The largest absolute Gasteiger partial charge is 0.423 e. The van der Waals surface area contributed by atoms with Gasteiger partial charge in [0.05, 0.1) is 0 Å². The van der Waals surface area contributed by atoms with Gasteiger partial charge in [0.25, 0.3) is 0 Å². The van der Waals surface area contributed by atoms with E-state index in [1.165, 1.54) is 57.4 Å². The molecule has 0 atom stereocenters. The summed E-state index contributed by atoms with van der Waals surface area (Å²) in [6.45, 7) is 2.25. The maximum absolute atomic E-state index is 11.2. The minimum absolute atomic E-state index is 0.331. The van der Waals surface area contributed by atoms with Crippen LogP contribution in [-0.2, 0) is 6.42 Å². The molecule has 1 aromatic heterocycles. The van der Waals surface area contributed by atoms with E-state index in [-0.39, 0.29) is 5.63 Å². The molecular weight excluding hydrogens is 274 g/mol. The van der Waals surface area contributed by atoms with Gasteiger partial charge in [-0.3, -0.25) is 0 Å². The Labute approximate surface area is 132 Å². The standard InChI is InChI=1S/C19H27NO2/c1-2-3-4-5-6-7-8-9-10-15-11-13-17-16(19(15)20)12-14-18(21)22-17/h11-14H,2-10,20H2,1H3. The Balaban J connectivity index is 1.81. The van der Waals surface area contributed by atoms with E-state index in [2.05, 4.69) is 6.92 Å². The zero-order valence-corrected chi connectivity index (χ0v) is 13.6. The highest BCUT2D eigenvalue weighted by atomic mass is 16.4. The van der Waals surface area contributed by atoms with E-state index in [9.17, 15) is 4.79 Å². The van der Waals surface area contributed by atoms with E-state index in [4.69, 9.17) is 10.2 Å². The Hall–Kier alpha value is -1.77. The summed E-state index contributed by atoms with van der Waals surface area (Å²) in [7, 11) is 0. The molecule has 0 aliphatic rings. The molecule has 0 saturated carbocycles. The molecule has 0 radical (unpaired) electrons. The molecule has 0 bridgehead atoms. The third-order valence-electron chi connectivity index (χ3n) is 4.23. The van der Waals surface area contributed by atoms with Gasteiger partial charge in [0.2, 0.25) is 0 Å². The molecule has 0 spiro atoms. The molecule has 3 heteroatoms. The first kappa shape index (κ1) is 16.6. The first-order valence-electron chi connectivity index (χ1n) is 8.53. The Morgan fingerprint density at radius 3 is 2.32 bits per heavy atom. The average Bonchev–Trinajstić information content (AvgIpc) is 2.52. The average molecular weight is 301 g/mol. The smallest absolute Gasteiger partial charge is 0.336 e. The van der Waals surface area contributed by atoms with Crippen molar-refractivity contribution in [3.63, 3.8) is 0 Å². The zero-order valence-electron chi connectivity index (χ0n) is 13.6. The summed E-state index contributed by atoms with van der Waals surface area (Å²) in [5.74, 6) is 0. The highest BCUT2D eigenvalue weighted by Crippen LogP contribution is 2.25. The molecule has 2 rings (SSSR count). The van der Waals surface area contributed by atoms with Gasteiger partial charge in [-0.25, -0.2) is 4.79 Å². The van der Waals surface area contributed by atoms with Crippen LogP contribution in [0.3, 0.4) is 0 Å². The van der Waals surface area contributed by atoms with Gasteiger partial charge in [0.1, 0.15) is 5.58 Å². The van der Waals surface area contributed by atoms with Gasteiger partial charge in [0.15, 0.2) is 0 Å². The SMILES string of the molecule is CCCCCCCCCCc1ccc2oc(=O)ccc2c1N. The van der Waals surface area contributed by atoms with Crippen LogP contribution >= 0.6 is 0 Å². The Kier molecular flexibility index (Phi) is 6.50. The lowest BCUT2D eigenvalue weighted by Gasteiger charge is -2.08. The molecule has 0 unspecified atom stereocenters. The van der Waals surface area contributed by atoms with Crippen LogP contribution in [0.4, 0.5) is 5.69 Å². The maximum atomic E-state index is 11.2. The molecule has 1 heterocycles.